The highest BCUT2D eigenvalue weighted by atomic mass is 16.4. The Balaban J connectivity index is 1.42. The standard InChI is InChI=1S/C22H19N7O2/c30-21(31)19-2-1-9-29(19)22-26-11-15(12-27-22)14-3-4-16-17(5-6-24-18(16)10-14)28-20-13-23-7-8-25-20/h3-8,10-13,19H,1-2,9H2,(H,30,31)(H,24,25,28)/t19-/m0/s1. The Bertz CT molecular complexity index is 1230. The van der Waals surface area contributed by atoms with E-state index in [-0.39, 0.29) is 0 Å². The molecule has 0 radical (unpaired) electrons. The highest BCUT2D eigenvalue weighted by Crippen LogP contribution is 2.29. The molecule has 1 aliphatic heterocycles. The van der Waals surface area contributed by atoms with Gasteiger partial charge in [0.15, 0.2) is 0 Å². The smallest absolute Gasteiger partial charge is 0.326 e. The molecule has 0 spiro atoms. The van der Waals surface area contributed by atoms with Crippen molar-refractivity contribution in [1.82, 2.24) is 24.9 Å². The Morgan fingerprint density at radius 2 is 1.87 bits per heavy atom. The lowest BCUT2D eigenvalue weighted by molar-refractivity contribution is -0.138. The molecule has 1 saturated heterocycles. The van der Waals surface area contributed by atoms with E-state index in [4.69, 9.17) is 0 Å². The van der Waals surface area contributed by atoms with Crippen molar-refractivity contribution in [3.63, 3.8) is 0 Å². The number of hydrogen-bond acceptors (Lipinski definition) is 8. The summed E-state index contributed by atoms with van der Waals surface area (Å²) in [6, 6.07) is 7.29. The number of benzene rings is 1. The monoisotopic (exact) mass is 413 g/mol. The summed E-state index contributed by atoms with van der Waals surface area (Å²) in [5, 5.41) is 13.6. The number of aromatic nitrogens is 5. The Hall–Kier alpha value is -4.14. The van der Waals surface area contributed by atoms with Gasteiger partial charge in [-0.25, -0.2) is 19.7 Å². The fourth-order valence-electron chi connectivity index (χ4n) is 3.82. The summed E-state index contributed by atoms with van der Waals surface area (Å²) in [6.07, 6.45) is 11.5. The van der Waals surface area contributed by atoms with Crippen molar-refractivity contribution < 1.29 is 9.90 Å². The van der Waals surface area contributed by atoms with Gasteiger partial charge in [0, 0.05) is 48.5 Å². The van der Waals surface area contributed by atoms with Crippen molar-refractivity contribution in [3.05, 3.63) is 61.4 Å². The molecule has 0 amide bonds. The summed E-state index contributed by atoms with van der Waals surface area (Å²) in [6.45, 7) is 0.651. The van der Waals surface area contributed by atoms with Crippen molar-refractivity contribution in [2.24, 2.45) is 0 Å². The second-order valence-electron chi connectivity index (χ2n) is 7.27. The van der Waals surface area contributed by atoms with E-state index < -0.39 is 12.0 Å². The second-order valence-corrected chi connectivity index (χ2v) is 7.27. The van der Waals surface area contributed by atoms with Crippen molar-refractivity contribution >= 4 is 34.3 Å². The van der Waals surface area contributed by atoms with Crippen LogP contribution in [-0.2, 0) is 4.79 Å². The van der Waals surface area contributed by atoms with Crippen LogP contribution in [0.3, 0.4) is 0 Å². The predicted octanol–water partition coefficient (Wildman–Crippen LogP) is 3.28. The Labute approximate surface area is 177 Å². The van der Waals surface area contributed by atoms with E-state index in [1.54, 1.807) is 42.1 Å². The molecule has 0 bridgehead atoms. The number of aliphatic carboxylic acids is 1. The minimum absolute atomic E-state index is 0.447. The van der Waals surface area contributed by atoms with Crippen LogP contribution in [0.25, 0.3) is 22.0 Å². The van der Waals surface area contributed by atoms with Gasteiger partial charge in [-0.3, -0.25) is 9.97 Å². The van der Waals surface area contributed by atoms with Gasteiger partial charge in [-0.1, -0.05) is 12.1 Å². The minimum atomic E-state index is -0.836. The lowest BCUT2D eigenvalue weighted by Gasteiger charge is -2.21. The van der Waals surface area contributed by atoms with E-state index in [1.165, 1.54) is 0 Å². The summed E-state index contributed by atoms with van der Waals surface area (Å²) in [7, 11) is 0. The number of hydrogen-bond donors (Lipinski definition) is 2. The fourth-order valence-corrected chi connectivity index (χ4v) is 3.82. The molecular weight excluding hydrogens is 394 g/mol. The van der Waals surface area contributed by atoms with Gasteiger partial charge in [-0.15, -0.1) is 0 Å². The zero-order valence-electron chi connectivity index (χ0n) is 16.5. The van der Waals surface area contributed by atoms with Gasteiger partial charge >= 0.3 is 5.97 Å². The number of anilines is 3. The average Bonchev–Trinajstić information content (AvgIpc) is 3.30. The number of rotatable bonds is 5. The van der Waals surface area contributed by atoms with Crippen LogP contribution >= 0.6 is 0 Å². The highest BCUT2D eigenvalue weighted by Gasteiger charge is 2.32. The number of nitrogens with one attached hydrogen (secondary N) is 1. The molecule has 0 aliphatic carbocycles. The lowest BCUT2D eigenvalue weighted by Crippen LogP contribution is -2.36. The van der Waals surface area contributed by atoms with Crippen LogP contribution in [0.1, 0.15) is 12.8 Å². The van der Waals surface area contributed by atoms with Crippen LogP contribution in [0, 0.1) is 0 Å². The summed E-state index contributed by atoms with van der Waals surface area (Å²) in [5.41, 5.74) is 3.48. The van der Waals surface area contributed by atoms with Crippen LogP contribution in [-0.4, -0.2) is 48.6 Å². The van der Waals surface area contributed by atoms with Crippen LogP contribution in [0.2, 0.25) is 0 Å². The maximum absolute atomic E-state index is 11.4. The number of carboxylic acid groups (broad SMARTS) is 1. The predicted molar refractivity (Wildman–Crippen MR) is 116 cm³/mol. The van der Waals surface area contributed by atoms with E-state index in [0.29, 0.717) is 24.7 Å². The first-order valence-corrected chi connectivity index (χ1v) is 9.93. The lowest BCUT2D eigenvalue weighted by atomic mass is 10.1. The number of carboxylic acids is 1. The Morgan fingerprint density at radius 1 is 1.00 bits per heavy atom. The van der Waals surface area contributed by atoms with Gasteiger partial charge in [0.1, 0.15) is 11.9 Å². The van der Waals surface area contributed by atoms with Crippen LogP contribution in [0.5, 0.6) is 0 Å². The number of carbonyl (C=O) groups is 1. The first-order valence-electron chi connectivity index (χ1n) is 9.93. The summed E-state index contributed by atoms with van der Waals surface area (Å²) < 4.78 is 0. The Morgan fingerprint density at radius 3 is 2.65 bits per heavy atom. The number of fused-ring (bicyclic) bond motifs is 1. The molecule has 5 rings (SSSR count). The van der Waals surface area contributed by atoms with Crippen LogP contribution < -0.4 is 10.2 Å². The second kappa shape index (κ2) is 7.94. The topological polar surface area (TPSA) is 117 Å². The van der Waals surface area contributed by atoms with Gasteiger partial charge in [-0.05, 0) is 30.5 Å². The Kier molecular flexibility index (Phi) is 4.83. The number of pyridine rings is 1. The zero-order chi connectivity index (χ0) is 21.2. The zero-order valence-corrected chi connectivity index (χ0v) is 16.5. The quantitative estimate of drug-likeness (QED) is 0.508. The summed E-state index contributed by atoms with van der Waals surface area (Å²) in [4.78, 5) is 34.8. The molecule has 4 aromatic rings. The largest absolute Gasteiger partial charge is 0.480 e. The summed E-state index contributed by atoms with van der Waals surface area (Å²) >= 11 is 0. The molecule has 9 heteroatoms. The third kappa shape index (κ3) is 3.73. The van der Waals surface area contributed by atoms with Crippen molar-refractivity contribution in [1.29, 1.82) is 0 Å². The highest BCUT2D eigenvalue weighted by molar-refractivity contribution is 5.94. The van der Waals surface area contributed by atoms with E-state index >= 15 is 0 Å². The van der Waals surface area contributed by atoms with Crippen LogP contribution in [0.4, 0.5) is 17.5 Å². The summed E-state index contributed by atoms with van der Waals surface area (Å²) in [5.74, 6) is 0.268. The SMILES string of the molecule is O=C(O)[C@@H]1CCCN1c1ncc(-c2ccc3c(Nc4cnccn4)ccnc3c2)cn1. The van der Waals surface area contributed by atoms with Gasteiger partial charge in [-0.2, -0.15) is 0 Å². The van der Waals surface area contributed by atoms with E-state index in [2.05, 4.69) is 30.2 Å². The van der Waals surface area contributed by atoms with Crippen LogP contribution in [0.15, 0.2) is 61.4 Å². The van der Waals surface area contributed by atoms with Gasteiger partial charge in [0.25, 0.3) is 0 Å². The molecular formula is C22H19N7O2. The molecule has 9 nitrogen and oxygen atoms in total. The molecule has 0 saturated carbocycles. The third-order valence-electron chi connectivity index (χ3n) is 5.33. The van der Waals surface area contributed by atoms with Crippen molar-refractivity contribution in [2.45, 2.75) is 18.9 Å². The molecule has 3 aromatic heterocycles. The third-order valence-corrected chi connectivity index (χ3v) is 5.33. The van der Waals surface area contributed by atoms with E-state index in [9.17, 15) is 9.90 Å². The first kappa shape index (κ1) is 18.9. The average molecular weight is 413 g/mol. The molecule has 4 heterocycles. The van der Waals surface area contributed by atoms with Gasteiger partial charge in [0.2, 0.25) is 5.95 Å². The molecule has 1 aromatic carbocycles. The van der Waals surface area contributed by atoms with Crippen molar-refractivity contribution in [3.8, 4) is 11.1 Å². The van der Waals surface area contributed by atoms with E-state index in [1.807, 2.05) is 24.3 Å². The normalized spacial score (nSPS) is 15.9. The molecule has 154 valence electrons. The maximum atomic E-state index is 11.4. The van der Waals surface area contributed by atoms with Gasteiger partial charge in [0.05, 0.1) is 17.4 Å². The van der Waals surface area contributed by atoms with E-state index in [0.717, 1.165) is 34.1 Å². The molecule has 2 N–H and O–H groups in total. The first-order chi connectivity index (χ1) is 15.2. The number of nitrogens with zero attached hydrogens (tertiary/aromatic N) is 6. The fraction of sp³-hybridized carbons (Fsp3) is 0.182. The molecule has 31 heavy (non-hydrogen) atoms. The minimum Gasteiger partial charge on any atom is -0.480 e. The molecule has 1 aliphatic rings. The molecule has 1 fully saturated rings. The van der Waals surface area contributed by atoms with Crippen molar-refractivity contribution in [2.75, 3.05) is 16.8 Å². The molecule has 0 unspecified atom stereocenters. The molecule has 1 atom stereocenters. The maximum Gasteiger partial charge on any atom is 0.326 e. The van der Waals surface area contributed by atoms with Gasteiger partial charge < -0.3 is 15.3 Å².